The molecular weight excluding hydrogens is 471 g/mol. The lowest BCUT2D eigenvalue weighted by atomic mass is 10.1. The van der Waals surface area contributed by atoms with E-state index < -0.39 is 21.6 Å². The van der Waals surface area contributed by atoms with Crippen LogP contribution in [-0.4, -0.2) is 40.3 Å². The van der Waals surface area contributed by atoms with Crippen LogP contribution < -0.4 is 11.1 Å². The van der Waals surface area contributed by atoms with Gasteiger partial charge in [0.15, 0.2) is 9.84 Å². The Hall–Kier alpha value is -4.12. The van der Waals surface area contributed by atoms with Crippen LogP contribution in [0.1, 0.15) is 21.6 Å². The van der Waals surface area contributed by atoms with Crippen molar-refractivity contribution in [3.8, 4) is 22.5 Å². The Labute approximate surface area is 201 Å². The molecule has 0 radical (unpaired) electrons. The van der Waals surface area contributed by atoms with E-state index in [9.17, 15) is 17.6 Å². The number of halogens is 1. The Morgan fingerprint density at radius 2 is 1.97 bits per heavy atom. The first-order valence-corrected chi connectivity index (χ1v) is 12.4. The SMILES string of the molecule is Cc1nn(C)cc1-c1cnc(N)c(-c2ccc(C(=O)NCc3cccc(S(C)(=O)=O)c3)c(F)c2)n1. The van der Waals surface area contributed by atoms with Crippen molar-refractivity contribution in [3.05, 3.63) is 77.5 Å². The number of sulfone groups is 1. The molecule has 2 heterocycles. The fraction of sp³-hybridized carbons (Fsp3) is 0.167. The summed E-state index contributed by atoms with van der Waals surface area (Å²) in [5.41, 5.74) is 9.14. The van der Waals surface area contributed by atoms with Crippen molar-refractivity contribution in [3.63, 3.8) is 0 Å². The van der Waals surface area contributed by atoms with Crippen LogP contribution in [0.5, 0.6) is 0 Å². The lowest BCUT2D eigenvalue weighted by molar-refractivity contribution is 0.0947. The Kier molecular flexibility index (Phi) is 6.35. The standard InChI is InChI=1S/C24H23FN6O3S/c1-14-19(13-31(2)30-14)21-12-27-23(26)22(29-21)16-7-8-18(20(25)10-16)24(32)28-11-15-5-4-6-17(9-15)35(3,33)34/h4-10,12-13H,11H2,1-3H3,(H2,26,27)(H,28,32). The number of nitrogen functional groups attached to an aromatic ring is 1. The maximum absolute atomic E-state index is 14.9. The Bertz CT molecular complexity index is 1550. The van der Waals surface area contributed by atoms with Gasteiger partial charge in [0.2, 0.25) is 0 Å². The summed E-state index contributed by atoms with van der Waals surface area (Å²) in [5, 5.41) is 6.91. The monoisotopic (exact) mass is 494 g/mol. The van der Waals surface area contributed by atoms with Crippen molar-refractivity contribution in [1.82, 2.24) is 25.1 Å². The summed E-state index contributed by atoms with van der Waals surface area (Å²) >= 11 is 0. The maximum Gasteiger partial charge on any atom is 0.254 e. The Morgan fingerprint density at radius 3 is 2.63 bits per heavy atom. The normalized spacial score (nSPS) is 11.4. The minimum Gasteiger partial charge on any atom is -0.382 e. The van der Waals surface area contributed by atoms with Crippen LogP contribution in [0, 0.1) is 12.7 Å². The largest absolute Gasteiger partial charge is 0.382 e. The highest BCUT2D eigenvalue weighted by Gasteiger charge is 2.17. The van der Waals surface area contributed by atoms with E-state index in [1.807, 2.05) is 6.92 Å². The molecule has 4 rings (SSSR count). The molecule has 180 valence electrons. The lowest BCUT2D eigenvalue weighted by Gasteiger charge is -2.10. The van der Waals surface area contributed by atoms with Crippen molar-refractivity contribution >= 4 is 21.6 Å². The fourth-order valence-corrected chi connectivity index (χ4v) is 4.29. The number of anilines is 1. The first-order valence-electron chi connectivity index (χ1n) is 10.5. The summed E-state index contributed by atoms with van der Waals surface area (Å²) in [7, 11) is -1.58. The number of amides is 1. The molecule has 0 atom stereocenters. The number of aryl methyl sites for hydroxylation is 2. The molecule has 4 aromatic rings. The predicted octanol–water partition coefficient (Wildman–Crippen LogP) is 2.91. The predicted molar refractivity (Wildman–Crippen MR) is 129 cm³/mol. The van der Waals surface area contributed by atoms with Crippen LogP contribution in [0.3, 0.4) is 0 Å². The molecule has 0 aliphatic rings. The molecule has 2 aromatic heterocycles. The third kappa shape index (κ3) is 5.19. The number of hydrogen-bond donors (Lipinski definition) is 2. The van der Waals surface area contributed by atoms with E-state index in [0.29, 0.717) is 16.8 Å². The van der Waals surface area contributed by atoms with Crippen molar-refractivity contribution in [2.75, 3.05) is 12.0 Å². The van der Waals surface area contributed by atoms with Gasteiger partial charge < -0.3 is 11.1 Å². The Balaban J connectivity index is 1.56. The average molecular weight is 495 g/mol. The first-order chi connectivity index (χ1) is 16.5. The quantitative estimate of drug-likeness (QED) is 0.421. The van der Waals surface area contributed by atoms with Crippen LogP contribution in [0.15, 0.2) is 59.8 Å². The van der Waals surface area contributed by atoms with Crippen molar-refractivity contribution in [2.45, 2.75) is 18.4 Å². The number of hydrogen-bond acceptors (Lipinski definition) is 7. The zero-order chi connectivity index (χ0) is 25.3. The highest BCUT2D eigenvalue weighted by Crippen LogP contribution is 2.28. The molecule has 0 saturated heterocycles. The second-order valence-electron chi connectivity index (χ2n) is 8.09. The number of carbonyl (C=O) groups excluding carboxylic acids is 1. The van der Waals surface area contributed by atoms with Gasteiger partial charge in [0.1, 0.15) is 17.3 Å². The summed E-state index contributed by atoms with van der Waals surface area (Å²) in [5.74, 6) is -1.27. The van der Waals surface area contributed by atoms with Crippen LogP contribution >= 0.6 is 0 Å². The lowest BCUT2D eigenvalue weighted by Crippen LogP contribution is -2.24. The zero-order valence-electron chi connectivity index (χ0n) is 19.3. The van der Waals surface area contributed by atoms with Crippen LogP contribution in [0.2, 0.25) is 0 Å². The third-order valence-corrected chi connectivity index (χ3v) is 6.47. The van der Waals surface area contributed by atoms with E-state index >= 15 is 0 Å². The number of aromatic nitrogens is 4. The molecule has 2 aromatic carbocycles. The van der Waals surface area contributed by atoms with Crippen molar-refractivity contribution in [2.24, 2.45) is 7.05 Å². The van der Waals surface area contributed by atoms with E-state index in [1.165, 1.54) is 30.5 Å². The van der Waals surface area contributed by atoms with Gasteiger partial charge in [-0.15, -0.1) is 0 Å². The molecule has 35 heavy (non-hydrogen) atoms. The third-order valence-electron chi connectivity index (χ3n) is 5.36. The molecule has 0 unspecified atom stereocenters. The molecule has 0 saturated carbocycles. The van der Waals surface area contributed by atoms with Gasteiger partial charge in [-0.05, 0) is 36.8 Å². The van der Waals surface area contributed by atoms with Crippen molar-refractivity contribution in [1.29, 1.82) is 0 Å². The van der Waals surface area contributed by atoms with Crippen LogP contribution in [0.25, 0.3) is 22.5 Å². The van der Waals surface area contributed by atoms with Gasteiger partial charge in [-0.2, -0.15) is 5.10 Å². The molecule has 0 bridgehead atoms. The second kappa shape index (κ2) is 9.26. The molecule has 0 aliphatic heterocycles. The molecule has 0 aliphatic carbocycles. The van der Waals surface area contributed by atoms with E-state index in [-0.39, 0.29) is 28.5 Å². The molecular formula is C24H23FN6O3S. The highest BCUT2D eigenvalue weighted by atomic mass is 32.2. The minimum atomic E-state index is -3.38. The number of rotatable bonds is 6. The summed E-state index contributed by atoms with van der Waals surface area (Å²) < 4.78 is 40.0. The second-order valence-corrected chi connectivity index (χ2v) is 10.1. The van der Waals surface area contributed by atoms with E-state index in [0.717, 1.165) is 17.5 Å². The van der Waals surface area contributed by atoms with Gasteiger partial charge in [-0.3, -0.25) is 9.48 Å². The smallest absolute Gasteiger partial charge is 0.254 e. The average Bonchev–Trinajstić information content (AvgIpc) is 3.15. The minimum absolute atomic E-state index is 0.0360. The number of nitrogens with zero attached hydrogens (tertiary/aromatic N) is 4. The van der Waals surface area contributed by atoms with Gasteiger partial charge in [-0.1, -0.05) is 18.2 Å². The molecule has 9 nitrogen and oxygen atoms in total. The van der Waals surface area contributed by atoms with E-state index in [4.69, 9.17) is 5.73 Å². The fourth-order valence-electron chi connectivity index (χ4n) is 3.60. The summed E-state index contributed by atoms with van der Waals surface area (Å²) in [6.45, 7) is 1.88. The topological polar surface area (TPSA) is 133 Å². The number of carbonyl (C=O) groups is 1. The maximum atomic E-state index is 14.9. The molecule has 1 amide bonds. The van der Waals surface area contributed by atoms with Crippen LogP contribution in [-0.2, 0) is 23.4 Å². The zero-order valence-corrected chi connectivity index (χ0v) is 20.1. The van der Waals surface area contributed by atoms with Gasteiger partial charge in [0, 0.05) is 37.2 Å². The number of nitrogens with one attached hydrogen (secondary N) is 1. The van der Waals surface area contributed by atoms with E-state index in [2.05, 4.69) is 20.4 Å². The van der Waals surface area contributed by atoms with Crippen molar-refractivity contribution < 1.29 is 17.6 Å². The number of nitrogens with two attached hydrogens (primary N) is 1. The first kappa shape index (κ1) is 24.0. The highest BCUT2D eigenvalue weighted by molar-refractivity contribution is 7.90. The molecule has 0 spiro atoms. The van der Waals surface area contributed by atoms with E-state index in [1.54, 1.807) is 36.1 Å². The molecule has 0 fully saturated rings. The molecule has 3 N–H and O–H groups in total. The summed E-state index contributed by atoms with van der Waals surface area (Å²) in [6.07, 6.45) is 4.44. The van der Waals surface area contributed by atoms with Gasteiger partial charge in [-0.25, -0.2) is 22.8 Å². The van der Waals surface area contributed by atoms with Gasteiger partial charge >= 0.3 is 0 Å². The summed E-state index contributed by atoms with van der Waals surface area (Å²) in [6, 6.07) is 10.3. The van der Waals surface area contributed by atoms with Crippen LogP contribution in [0.4, 0.5) is 10.2 Å². The number of benzene rings is 2. The summed E-state index contributed by atoms with van der Waals surface area (Å²) in [4.78, 5) is 21.5. The molecule has 11 heteroatoms. The van der Waals surface area contributed by atoms with Gasteiger partial charge in [0.05, 0.1) is 28.0 Å². The Morgan fingerprint density at radius 1 is 1.20 bits per heavy atom. The van der Waals surface area contributed by atoms with Gasteiger partial charge in [0.25, 0.3) is 5.91 Å².